The third kappa shape index (κ3) is 5.92. The number of carbonyl (C=O) groups excluding carboxylic acids is 2. The summed E-state index contributed by atoms with van der Waals surface area (Å²) in [5, 5.41) is 2.99. The molecular weight excluding hydrogens is 367 g/mol. The molecule has 8 heteroatoms. The van der Waals surface area contributed by atoms with Gasteiger partial charge in [0.15, 0.2) is 18.5 Å². The number of rotatable bonds is 6. The predicted molar refractivity (Wildman–Crippen MR) is 95.1 cm³/mol. The maximum atomic E-state index is 12.0. The molecule has 1 N–H and O–H groups in total. The zero-order chi connectivity index (χ0) is 18.4. The highest BCUT2D eigenvalue weighted by atomic mass is 35.5. The molecule has 2 aromatic rings. The van der Waals surface area contributed by atoms with E-state index in [0.29, 0.717) is 10.8 Å². The molecular formula is C17H16Cl2N2O4. The number of hydrogen-bond acceptors (Lipinski definition) is 5. The Balaban J connectivity index is 1.84. The first kappa shape index (κ1) is 19.0. The standard InChI is InChI=1S/C17H16Cl2N2O4/c1-10-4-3-5-13(6-10)24-9-15(22)25-11(2)17(23)21-16-14(19)7-12(18)8-20-16/h3-8,11H,9H2,1-2H3,(H,20,21,23)/t11-/m0/s1. The topological polar surface area (TPSA) is 77.5 Å². The molecule has 1 atom stereocenters. The van der Waals surface area contributed by atoms with Crippen LogP contribution in [0.3, 0.4) is 0 Å². The first-order chi connectivity index (χ1) is 11.8. The van der Waals surface area contributed by atoms with Crippen molar-refractivity contribution in [2.75, 3.05) is 11.9 Å². The lowest BCUT2D eigenvalue weighted by Gasteiger charge is -2.14. The summed E-state index contributed by atoms with van der Waals surface area (Å²) in [6, 6.07) is 8.68. The molecule has 25 heavy (non-hydrogen) atoms. The normalized spacial score (nSPS) is 11.5. The molecule has 1 aromatic heterocycles. The maximum absolute atomic E-state index is 12.0. The van der Waals surface area contributed by atoms with Gasteiger partial charge in [-0.3, -0.25) is 4.79 Å². The average molecular weight is 383 g/mol. The van der Waals surface area contributed by atoms with Crippen molar-refractivity contribution in [3.63, 3.8) is 0 Å². The fourth-order valence-corrected chi connectivity index (χ4v) is 2.28. The number of nitrogens with one attached hydrogen (secondary N) is 1. The summed E-state index contributed by atoms with van der Waals surface area (Å²) in [4.78, 5) is 27.7. The summed E-state index contributed by atoms with van der Waals surface area (Å²) in [5.41, 5.74) is 1.01. The molecule has 0 aliphatic rings. The highest BCUT2D eigenvalue weighted by Gasteiger charge is 2.19. The van der Waals surface area contributed by atoms with Gasteiger partial charge in [-0.05, 0) is 37.6 Å². The summed E-state index contributed by atoms with van der Waals surface area (Å²) in [6.07, 6.45) is 0.303. The second-order valence-electron chi connectivity index (χ2n) is 5.21. The molecule has 132 valence electrons. The van der Waals surface area contributed by atoms with Crippen LogP contribution in [0.25, 0.3) is 0 Å². The smallest absolute Gasteiger partial charge is 0.344 e. The lowest BCUT2D eigenvalue weighted by Crippen LogP contribution is -2.32. The van der Waals surface area contributed by atoms with E-state index in [2.05, 4.69) is 10.3 Å². The Hall–Kier alpha value is -2.31. The fraction of sp³-hybridized carbons (Fsp3) is 0.235. The molecule has 0 aliphatic heterocycles. The van der Waals surface area contributed by atoms with Crippen LogP contribution in [0.15, 0.2) is 36.5 Å². The molecule has 0 saturated heterocycles. The van der Waals surface area contributed by atoms with Crippen molar-refractivity contribution in [3.8, 4) is 5.75 Å². The van der Waals surface area contributed by atoms with Crippen LogP contribution in [0, 0.1) is 6.92 Å². The van der Waals surface area contributed by atoms with Gasteiger partial charge in [0.25, 0.3) is 5.91 Å². The second-order valence-corrected chi connectivity index (χ2v) is 6.05. The van der Waals surface area contributed by atoms with Crippen LogP contribution < -0.4 is 10.1 Å². The minimum Gasteiger partial charge on any atom is -0.482 e. The summed E-state index contributed by atoms with van der Waals surface area (Å²) < 4.78 is 10.4. The van der Waals surface area contributed by atoms with E-state index in [9.17, 15) is 9.59 Å². The molecule has 1 amide bonds. The molecule has 6 nitrogen and oxygen atoms in total. The van der Waals surface area contributed by atoms with Gasteiger partial charge < -0.3 is 14.8 Å². The largest absolute Gasteiger partial charge is 0.482 e. The van der Waals surface area contributed by atoms with Crippen molar-refractivity contribution in [3.05, 3.63) is 52.1 Å². The first-order valence-corrected chi connectivity index (χ1v) is 8.11. The number of aryl methyl sites for hydroxylation is 1. The van der Waals surface area contributed by atoms with Gasteiger partial charge in [-0.1, -0.05) is 35.3 Å². The molecule has 0 fully saturated rings. The highest BCUT2D eigenvalue weighted by molar-refractivity contribution is 6.36. The number of esters is 1. The number of nitrogens with zero attached hydrogens (tertiary/aromatic N) is 1. The van der Waals surface area contributed by atoms with Crippen LogP contribution >= 0.6 is 23.2 Å². The van der Waals surface area contributed by atoms with Gasteiger partial charge in [-0.15, -0.1) is 0 Å². The van der Waals surface area contributed by atoms with Crippen molar-refractivity contribution in [2.24, 2.45) is 0 Å². The highest BCUT2D eigenvalue weighted by Crippen LogP contribution is 2.22. The van der Waals surface area contributed by atoms with Crippen LogP contribution in [0.2, 0.25) is 10.0 Å². The number of hydrogen-bond donors (Lipinski definition) is 1. The van der Waals surface area contributed by atoms with E-state index in [4.69, 9.17) is 32.7 Å². The molecule has 1 aromatic carbocycles. The van der Waals surface area contributed by atoms with Crippen molar-refractivity contribution in [2.45, 2.75) is 20.0 Å². The molecule has 2 rings (SSSR count). The predicted octanol–water partition coefficient (Wildman–Crippen LogP) is 3.65. The number of aromatic nitrogens is 1. The van der Waals surface area contributed by atoms with E-state index < -0.39 is 18.0 Å². The zero-order valence-electron chi connectivity index (χ0n) is 13.6. The van der Waals surface area contributed by atoms with Gasteiger partial charge in [-0.2, -0.15) is 0 Å². The maximum Gasteiger partial charge on any atom is 0.344 e. The molecule has 0 unspecified atom stereocenters. The van der Waals surface area contributed by atoms with Crippen LogP contribution in [0.5, 0.6) is 5.75 Å². The summed E-state index contributed by atoms with van der Waals surface area (Å²) in [6.45, 7) is 3.04. The lowest BCUT2D eigenvalue weighted by molar-refractivity contribution is -0.155. The molecule has 0 saturated carbocycles. The van der Waals surface area contributed by atoms with E-state index >= 15 is 0 Å². The van der Waals surface area contributed by atoms with Gasteiger partial charge in [0.05, 0.1) is 10.0 Å². The van der Waals surface area contributed by atoms with Gasteiger partial charge in [0, 0.05) is 6.20 Å². The van der Waals surface area contributed by atoms with Gasteiger partial charge in [0.2, 0.25) is 0 Å². The van der Waals surface area contributed by atoms with Crippen LogP contribution in [0.1, 0.15) is 12.5 Å². The van der Waals surface area contributed by atoms with Crippen molar-refractivity contribution >= 4 is 40.9 Å². The number of benzene rings is 1. The number of ether oxygens (including phenoxy) is 2. The Bertz CT molecular complexity index is 783. The Morgan fingerprint density at radius 3 is 2.72 bits per heavy atom. The monoisotopic (exact) mass is 382 g/mol. The van der Waals surface area contributed by atoms with Gasteiger partial charge in [0.1, 0.15) is 5.75 Å². The van der Waals surface area contributed by atoms with Crippen molar-refractivity contribution < 1.29 is 19.1 Å². The molecule has 1 heterocycles. The second kappa shape index (κ2) is 8.69. The lowest BCUT2D eigenvalue weighted by atomic mass is 10.2. The van der Waals surface area contributed by atoms with Crippen molar-refractivity contribution in [1.82, 2.24) is 4.98 Å². The van der Waals surface area contributed by atoms with E-state index in [1.54, 1.807) is 12.1 Å². The Morgan fingerprint density at radius 2 is 2.04 bits per heavy atom. The number of carbonyl (C=O) groups is 2. The van der Waals surface area contributed by atoms with E-state index in [1.807, 2.05) is 19.1 Å². The Kier molecular flexibility index (Phi) is 6.61. The first-order valence-electron chi connectivity index (χ1n) is 7.36. The van der Waals surface area contributed by atoms with Crippen molar-refractivity contribution in [1.29, 1.82) is 0 Å². The molecule has 0 aliphatic carbocycles. The molecule has 0 bridgehead atoms. The van der Waals surface area contributed by atoms with E-state index in [0.717, 1.165) is 5.56 Å². The summed E-state index contributed by atoms with van der Waals surface area (Å²) in [7, 11) is 0. The minimum atomic E-state index is -1.04. The van der Waals surface area contributed by atoms with Gasteiger partial charge >= 0.3 is 5.97 Å². The SMILES string of the molecule is Cc1cccc(OCC(=O)O[C@@H](C)C(=O)Nc2ncc(Cl)cc2Cl)c1. The fourth-order valence-electron chi connectivity index (χ4n) is 1.86. The van der Waals surface area contributed by atoms with E-state index in [-0.39, 0.29) is 17.4 Å². The Labute approximate surface area is 155 Å². The number of amides is 1. The third-order valence-electron chi connectivity index (χ3n) is 3.07. The Morgan fingerprint density at radius 1 is 1.28 bits per heavy atom. The average Bonchev–Trinajstić information content (AvgIpc) is 2.55. The number of anilines is 1. The molecule has 0 spiro atoms. The molecule has 0 radical (unpaired) electrons. The third-order valence-corrected chi connectivity index (χ3v) is 3.57. The van der Waals surface area contributed by atoms with Crippen LogP contribution in [-0.4, -0.2) is 29.6 Å². The van der Waals surface area contributed by atoms with Crippen LogP contribution in [0.4, 0.5) is 5.82 Å². The summed E-state index contributed by atoms with van der Waals surface area (Å²) >= 11 is 11.7. The quantitative estimate of drug-likeness (QED) is 0.771. The van der Waals surface area contributed by atoms with Crippen LogP contribution in [-0.2, 0) is 14.3 Å². The minimum absolute atomic E-state index is 0.134. The number of halogens is 2. The van der Waals surface area contributed by atoms with Gasteiger partial charge in [-0.25, -0.2) is 9.78 Å². The van der Waals surface area contributed by atoms with E-state index in [1.165, 1.54) is 19.2 Å². The summed E-state index contributed by atoms with van der Waals surface area (Å²) in [5.74, 6) is -0.555. The zero-order valence-corrected chi connectivity index (χ0v) is 15.1. The number of pyridine rings is 1.